The summed E-state index contributed by atoms with van der Waals surface area (Å²) in [6.07, 6.45) is 3.87. The van der Waals surface area contributed by atoms with Crippen LogP contribution in [0.3, 0.4) is 0 Å². The number of alkyl halides is 2. The van der Waals surface area contributed by atoms with E-state index in [0.717, 1.165) is 55.7 Å². The van der Waals surface area contributed by atoms with Crippen molar-refractivity contribution in [1.82, 2.24) is 9.88 Å². The van der Waals surface area contributed by atoms with Gasteiger partial charge in [0, 0.05) is 48.4 Å². The molecule has 180 valence electrons. The van der Waals surface area contributed by atoms with Gasteiger partial charge in [-0.1, -0.05) is 6.92 Å². The van der Waals surface area contributed by atoms with Crippen LogP contribution in [0.25, 0.3) is 10.9 Å². The van der Waals surface area contributed by atoms with Crippen molar-refractivity contribution in [1.29, 1.82) is 0 Å². The molecule has 3 aliphatic rings. The van der Waals surface area contributed by atoms with Crippen LogP contribution in [0.5, 0.6) is 11.5 Å². The average Bonchev–Trinajstić information content (AvgIpc) is 3.36. The van der Waals surface area contributed by atoms with E-state index in [1.54, 1.807) is 7.11 Å². The molecule has 1 saturated heterocycles. The van der Waals surface area contributed by atoms with Gasteiger partial charge in [-0.2, -0.15) is 0 Å². The zero-order valence-corrected chi connectivity index (χ0v) is 19.7. The number of benzene rings is 1. The molecule has 2 atom stereocenters. The van der Waals surface area contributed by atoms with Crippen molar-refractivity contribution in [2.75, 3.05) is 45.2 Å². The third-order valence-corrected chi connectivity index (χ3v) is 7.36. The number of hydrogen-bond acceptors (Lipinski definition) is 5. The van der Waals surface area contributed by atoms with Gasteiger partial charge in [-0.3, -0.25) is 4.98 Å². The summed E-state index contributed by atoms with van der Waals surface area (Å²) in [5.41, 5.74) is 4.72. The van der Waals surface area contributed by atoms with Crippen LogP contribution >= 0.6 is 0 Å². The van der Waals surface area contributed by atoms with Crippen molar-refractivity contribution in [3.05, 3.63) is 23.4 Å². The number of anilines is 1. The van der Waals surface area contributed by atoms with Crippen molar-refractivity contribution in [2.45, 2.75) is 51.9 Å². The molecule has 1 saturated carbocycles. The zero-order valence-electron chi connectivity index (χ0n) is 19.7. The summed E-state index contributed by atoms with van der Waals surface area (Å²) >= 11 is 0. The normalized spacial score (nSPS) is 22.8. The number of nitrogens with zero attached hydrogens (tertiary/aromatic N) is 2. The smallest absolute Gasteiger partial charge is 0.242 e. The Kier molecular flexibility index (Phi) is 6.59. The maximum absolute atomic E-state index is 12.9. The second kappa shape index (κ2) is 9.61. The first-order valence-electron chi connectivity index (χ1n) is 12.4. The van der Waals surface area contributed by atoms with Crippen molar-refractivity contribution in [3.63, 3.8) is 0 Å². The quantitative estimate of drug-likeness (QED) is 0.498. The zero-order chi connectivity index (χ0) is 22.9. The fraction of sp³-hybridized carbons (Fsp3) is 0.654. The summed E-state index contributed by atoms with van der Waals surface area (Å²) in [5, 5.41) is 4.84. The van der Waals surface area contributed by atoms with Crippen molar-refractivity contribution in [3.8, 4) is 11.5 Å². The second-order valence-corrected chi connectivity index (χ2v) is 10.2. The number of aromatic nitrogens is 1. The Bertz CT molecular complexity index is 995. The molecule has 0 amide bonds. The monoisotopic (exact) mass is 459 g/mol. The summed E-state index contributed by atoms with van der Waals surface area (Å²) in [4.78, 5) is 7.12. The number of likely N-dealkylation sites (tertiary alicyclic amines) is 1. The van der Waals surface area contributed by atoms with E-state index >= 15 is 0 Å². The van der Waals surface area contributed by atoms with Crippen LogP contribution in [-0.2, 0) is 12.8 Å². The lowest BCUT2D eigenvalue weighted by Gasteiger charge is -2.18. The Morgan fingerprint density at radius 1 is 1.18 bits per heavy atom. The van der Waals surface area contributed by atoms with Crippen LogP contribution < -0.4 is 14.8 Å². The molecule has 2 unspecified atom stereocenters. The third kappa shape index (κ3) is 5.03. The van der Waals surface area contributed by atoms with Crippen molar-refractivity contribution < 1.29 is 18.3 Å². The fourth-order valence-corrected chi connectivity index (χ4v) is 5.29. The molecular weight excluding hydrogens is 424 g/mol. The molecule has 0 spiro atoms. The van der Waals surface area contributed by atoms with Gasteiger partial charge in [0.05, 0.1) is 19.2 Å². The summed E-state index contributed by atoms with van der Waals surface area (Å²) in [7, 11) is 1.67. The molecule has 1 aromatic heterocycles. The number of halogens is 2. The lowest BCUT2D eigenvalue weighted by atomic mass is 10.0. The number of fused-ring (bicyclic) bond motifs is 2. The number of ether oxygens (including phenoxy) is 2. The van der Waals surface area contributed by atoms with Gasteiger partial charge >= 0.3 is 0 Å². The highest BCUT2D eigenvalue weighted by molar-refractivity contribution is 5.96. The third-order valence-electron chi connectivity index (χ3n) is 7.36. The van der Waals surface area contributed by atoms with E-state index in [2.05, 4.69) is 23.2 Å². The van der Waals surface area contributed by atoms with Crippen LogP contribution in [-0.4, -0.2) is 56.2 Å². The molecule has 2 aromatic rings. The molecule has 0 radical (unpaired) electrons. The summed E-state index contributed by atoms with van der Waals surface area (Å²) < 4.78 is 37.5. The molecule has 5 nitrogen and oxygen atoms in total. The van der Waals surface area contributed by atoms with E-state index < -0.39 is 12.3 Å². The number of hydrogen-bond donors (Lipinski definition) is 1. The highest BCUT2D eigenvalue weighted by Crippen LogP contribution is 2.41. The van der Waals surface area contributed by atoms with Gasteiger partial charge in [-0.15, -0.1) is 0 Å². The lowest BCUT2D eigenvalue weighted by molar-refractivity contribution is 0.0804. The molecule has 1 aliphatic heterocycles. The maximum Gasteiger partial charge on any atom is 0.242 e. The molecular formula is C26H35F2N3O2. The van der Waals surface area contributed by atoms with Gasteiger partial charge < -0.3 is 19.7 Å². The highest BCUT2D eigenvalue weighted by Gasteiger charge is 2.29. The van der Waals surface area contributed by atoms with E-state index in [9.17, 15) is 8.78 Å². The van der Waals surface area contributed by atoms with Crippen LogP contribution in [0.1, 0.15) is 43.9 Å². The average molecular weight is 460 g/mol. The minimum Gasteiger partial charge on any atom is -0.493 e. The van der Waals surface area contributed by atoms with E-state index in [4.69, 9.17) is 14.5 Å². The number of nitrogens with one attached hydrogen (secondary N) is 1. The Labute approximate surface area is 194 Å². The number of pyridine rings is 1. The van der Waals surface area contributed by atoms with Gasteiger partial charge in [-0.25, -0.2) is 8.78 Å². The highest BCUT2D eigenvalue weighted by atomic mass is 19.3. The minimum atomic E-state index is -2.21. The fourth-order valence-electron chi connectivity index (χ4n) is 5.29. The van der Waals surface area contributed by atoms with Crippen molar-refractivity contribution >= 4 is 16.6 Å². The largest absolute Gasteiger partial charge is 0.493 e. The van der Waals surface area contributed by atoms with Crippen molar-refractivity contribution in [2.24, 2.45) is 17.8 Å². The Hall–Kier alpha value is -2.15. The molecule has 5 rings (SSSR count). The second-order valence-electron chi connectivity index (χ2n) is 10.2. The SMILES string of the molecule is COc1cc2c(NCC3CC3)c3c(nc2cc1OCCCN1CCC(C(F)F)C1)CC(C)C3. The minimum absolute atomic E-state index is 0.482. The topological polar surface area (TPSA) is 46.6 Å². The maximum atomic E-state index is 12.9. The summed E-state index contributed by atoms with van der Waals surface area (Å²) in [5.74, 6) is 2.33. The van der Waals surface area contributed by atoms with Gasteiger partial charge in [0.15, 0.2) is 11.5 Å². The Morgan fingerprint density at radius 2 is 2.03 bits per heavy atom. The molecule has 2 heterocycles. The van der Waals surface area contributed by atoms with E-state index in [1.165, 1.54) is 29.8 Å². The molecule has 0 bridgehead atoms. The first kappa shape index (κ1) is 22.6. The standard InChI is InChI=1S/C26H35F2N3O2/c1-16-10-19-21(11-16)30-22-13-24(33-9-3-7-31-8-6-18(15-31)26(27)28)23(32-2)12-20(22)25(19)29-14-17-4-5-17/h12-13,16-18,26H,3-11,14-15H2,1-2H3,(H,29,30). The summed E-state index contributed by atoms with van der Waals surface area (Å²) in [6, 6.07) is 4.06. The molecule has 1 N–H and O–H groups in total. The van der Waals surface area contributed by atoms with Gasteiger partial charge in [-0.05, 0) is 68.5 Å². The summed E-state index contributed by atoms with van der Waals surface area (Å²) in [6.45, 7) is 5.84. The lowest BCUT2D eigenvalue weighted by Crippen LogP contribution is -2.24. The molecule has 2 fully saturated rings. The van der Waals surface area contributed by atoms with E-state index in [-0.39, 0.29) is 0 Å². The van der Waals surface area contributed by atoms with Gasteiger partial charge in [0.1, 0.15) is 0 Å². The van der Waals surface area contributed by atoms with Crippen LogP contribution in [0.2, 0.25) is 0 Å². The first-order valence-corrected chi connectivity index (χ1v) is 12.4. The molecule has 33 heavy (non-hydrogen) atoms. The van der Waals surface area contributed by atoms with Gasteiger partial charge in [0.2, 0.25) is 6.43 Å². The first-order chi connectivity index (χ1) is 16.0. The predicted molar refractivity (Wildman–Crippen MR) is 127 cm³/mol. The Balaban J connectivity index is 1.30. The molecule has 2 aliphatic carbocycles. The van der Waals surface area contributed by atoms with Crippen LogP contribution in [0.4, 0.5) is 14.5 Å². The van der Waals surface area contributed by atoms with E-state index in [1.807, 2.05) is 6.07 Å². The van der Waals surface area contributed by atoms with Crippen LogP contribution in [0.15, 0.2) is 12.1 Å². The van der Waals surface area contributed by atoms with Gasteiger partial charge in [0.25, 0.3) is 0 Å². The van der Waals surface area contributed by atoms with Crippen LogP contribution in [0, 0.1) is 17.8 Å². The van der Waals surface area contributed by atoms with E-state index in [0.29, 0.717) is 37.0 Å². The number of rotatable bonds is 10. The molecule has 1 aromatic carbocycles. The molecule has 7 heteroatoms. The predicted octanol–water partition coefficient (Wildman–Crippen LogP) is 5.16. The Morgan fingerprint density at radius 3 is 2.76 bits per heavy atom. The number of methoxy groups -OCH3 is 1.